The molecule has 20 heavy (non-hydrogen) atoms. The maximum absolute atomic E-state index is 13.1. The Morgan fingerprint density at radius 2 is 2.25 bits per heavy atom. The van der Waals surface area contributed by atoms with Gasteiger partial charge >= 0.3 is 0 Å². The zero-order valence-corrected chi connectivity index (χ0v) is 11.9. The van der Waals surface area contributed by atoms with E-state index in [0.717, 1.165) is 19.4 Å². The molecule has 3 atom stereocenters. The van der Waals surface area contributed by atoms with Gasteiger partial charge in [-0.15, -0.1) is 0 Å². The first-order valence-electron chi connectivity index (χ1n) is 7.25. The number of amides is 1. The molecule has 4 heteroatoms. The number of likely N-dealkylation sites (tertiary alicyclic amines) is 1. The van der Waals surface area contributed by atoms with E-state index in [1.54, 1.807) is 13.0 Å². The molecule has 3 nitrogen and oxygen atoms in total. The molecule has 3 rings (SSSR count). The second-order valence-corrected chi connectivity index (χ2v) is 5.98. The number of benzene rings is 1. The largest absolute Gasteiger partial charge is 0.373 e. The van der Waals surface area contributed by atoms with Gasteiger partial charge in [-0.25, -0.2) is 4.39 Å². The first-order chi connectivity index (χ1) is 9.54. The molecule has 2 saturated heterocycles. The highest BCUT2D eigenvalue weighted by atomic mass is 19.1. The third-order valence-electron chi connectivity index (χ3n) is 4.44. The van der Waals surface area contributed by atoms with Crippen LogP contribution in [-0.2, 0) is 4.74 Å². The first kappa shape index (κ1) is 13.6. The molecule has 1 amide bonds. The maximum Gasteiger partial charge on any atom is 0.254 e. The predicted octanol–water partition coefficient (Wildman–Crippen LogP) is 2.77. The quantitative estimate of drug-likeness (QED) is 0.790. The Morgan fingerprint density at radius 1 is 1.45 bits per heavy atom. The number of nitrogens with zero attached hydrogens (tertiary/aromatic N) is 1. The molecule has 0 saturated carbocycles. The van der Waals surface area contributed by atoms with Gasteiger partial charge in [-0.1, -0.05) is 0 Å². The lowest BCUT2D eigenvalue weighted by Gasteiger charge is -2.34. The van der Waals surface area contributed by atoms with Gasteiger partial charge in [0.15, 0.2) is 0 Å². The molecule has 0 unspecified atom stereocenters. The van der Waals surface area contributed by atoms with Crippen LogP contribution >= 0.6 is 0 Å². The number of carbonyl (C=O) groups is 1. The normalized spacial score (nSPS) is 29.4. The fourth-order valence-electron chi connectivity index (χ4n) is 3.39. The molecule has 0 N–H and O–H groups in total. The van der Waals surface area contributed by atoms with Gasteiger partial charge in [0.1, 0.15) is 5.82 Å². The summed E-state index contributed by atoms with van der Waals surface area (Å²) in [6.07, 6.45) is 2.57. The summed E-state index contributed by atoms with van der Waals surface area (Å²) in [5.41, 5.74) is 1.29. The number of rotatable bonds is 1. The van der Waals surface area contributed by atoms with Crippen LogP contribution < -0.4 is 0 Å². The second-order valence-electron chi connectivity index (χ2n) is 5.98. The second kappa shape index (κ2) is 5.17. The zero-order chi connectivity index (χ0) is 14.3. The number of ether oxygens (including phenoxy) is 1. The Bertz CT molecular complexity index is 531. The summed E-state index contributed by atoms with van der Waals surface area (Å²) in [7, 11) is 0. The van der Waals surface area contributed by atoms with Crippen molar-refractivity contribution in [1.82, 2.24) is 4.90 Å². The average molecular weight is 277 g/mol. The van der Waals surface area contributed by atoms with Crippen LogP contribution in [0.5, 0.6) is 0 Å². The molecular formula is C16H20FNO2. The van der Waals surface area contributed by atoms with Crippen LogP contribution in [0.1, 0.15) is 35.7 Å². The molecule has 1 aromatic rings. The average Bonchev–Trinajstić information content (AvgIpc) is 2.77. The van der Waals surface area contributed by atoms with Crippen molar-refractivity contribution in [2.75, 3.05) is 13.1 Å². The summed E-state index contributed by atoms with van der Waals surface area (Å²) < 4.78 is 19.0. The van der Waals surface area contributed by atoms with E-state index in [0.29, 0.717) is 29.7 Å². The molecule has 0 radical (unpaired) electrons. The number of aryl methyl sites for hydroxylation is 1. The molecule has 2 aliphatic heterocycles. The Kier molecular flexibility index (Phi) is 3.50. The first-order valence-corrected chi connectivity index (χ1v) is 7.25. The van der Waals surface area contributed by atoms with E-state index in [1.165, 1.54) is 12.1 Å². The highest BCUT2D eigenvalue weighted by Gasteiger charge is 2.38. The third-order valence-corrected chi connectivity index (χ3v) is 4.44. The van der Waals surface area contributed by atoms with Gasteiger partial charge < -0.3 is 9.64 Å². The summed E-state index contributed by atoms with van der Waals surface area (Å²) in [5, 5.41) is 0. The van der Waals surface area contributed by atoms with Crippen LogP contribution in [0.4, 0.5) is 4.39 Å². The van der Waals surface area contributed by atoms with Crippen LogP contribution in [0.3, 0.4) is 0 Å². The number of hydrogen-bond donors (Lipinski definition) is 0. The van der Waals surface area contributed by atoms with Gasteiger partial charge in [0.05, 0.1) is 12.2 Å². The molecule has 2 heterocycles. The van der Waals surface area contributed by atoms with Crippen molar-refractivity contribution in [2.24, 2.45) is 5.92 Å². The van der Waals surface area contributed by atoms with Crippen LogP contribution in [0.15, 0.2) is 18.2 Å². The number of carbonyl (C=O) groups excluding carboxylic acids is 1. The van der Waals surface area contributed by atoms with Gasteiger partial charge in [-0.05, 0) is 56.4 Å². The summed E-state index contributed by atoms with van der Waals surface area (Å²) in [6, 6.07) is 4.34. The molecule has 0 aromatic heterocycles. The lowest BCUT2D eigenvalue weighted by molar-refractivity contribution is 0.00154. The van der Waals surface area contributed by atoms with Gasteiger partial charge in [0.25, 0.3) is 5.91 Å². The smallest absolute Gasteiger partial charge is 0.254 e. The summed E-state index contributed by atoms with van der Waals surface area (Å²) in [4.78, 5) is 14.4. The number of fused-ring (bicyclic) bond motifs is 1. The molecule has 0 spiro atoms. The standard InChI is InChI=1S/C16H20FNO2/c1-10-7-13(17)3-4-14(10)16(19)18-6-5-12-8-11(2)20-15(12)9-18/h3-4,7,11-12,15H,5-6,8-9H2,1-2H3/t11-,12-,15+/m0/s1. The Labute approximate surface area is 118 Å². The molecule has 108 valence electrons. The van der Waals surface area contributed by atoms with Crippen molar-refractivity contribution in [3.63, 3.8) is 0 Å². The van der Waals surface area contributed by atoms with Crippen molar-refractivity contribution in [3.05, 3.63) is 35.1 Å². The van der Waals surface area contributed by atoms with E-state index >= 15 is 0 Å². The number of hydrogen-bond acceptors (Lipinski definition) is 2. The fourth-order valence-corrected chi connectivity index (χ4v) is 3.39. The van der Waals surface area contributed by atoms with Gasteiger partial charge in [0, 0.05) is 18.7 Å². The van der Waals surface area contributed by atoms with E-state index in [9.17, 15) is 9.18 Å². The third kappa shape index (κ3) is 2.44. The maximum atomic E-state index is 13.1. The zero-order valence-electron chi connectivity index (χ0n) is 11.9. The SMILES string of the molecule is Cc1cc(F)ccc1C(=O)N1CC[C@H]2C[C@H](C)O[C@@H]2C1. The minimum absolute atomic E-state index is 0.0101. The van der Waals surface area contributed by atoms with Crippen LogP contribution in [-0.4, -0.2) is 36.1 Å². The minimum atomic E-state index is -0.300. The summed E-state index contributed by atoms with van der Waals surface area (Å²) in [6.45, 7) is 5.30. The predicted molar refractivity (Wildman–Crippen MR) is 74.1 cm³/mol. The highest BCUT2D eigenvalue weighted by Crippen LogP contribution is 2.33. The van der Waals surface area contributed by atoms with Crippen LogP contribution in [0.2, 0.25) is 0 Å². The van der Waals surface area contributed by atoms with Gasteiger partial charge in [-0.3, -0.25) is 4.79 Å². The van der Waals surface area contributed by atoms with Crippen molar-refractivity contribution in [2.45, 2.75) is 38.9 Å². The van der Waals surface area contributed by atoms with Crippen molar-refractivity contribution in [1.29, 1.82) is 0 Å². The Balaban J connectivity index is 1.75. The van der Waals surface area contributed by atoms with Crippen LogP contribution in [0.25, 0.3) is 0 Å². The molecule has 1 aromatic carbocycles. The Morgan fingerprint density at radius 3 is 3.00 bits per heavy atom. The molecular weight excluding hydrogens is 257 g/mol. The molecule has 2 aliphatic rings. The Hall–Kier alpha value is -1.42. The highest BCUT2D eigenvalue weighted by molar-refractivity contribution is 5.95. The van der Waals surface area contributed by atoms with E-state index in [2.05, 4.69) is 6.92 Å². The summed E-state index contributed by atoms with van der Waals surface area (Å²) in [5.74, 6) is 0.276. The van der Waals surface area contributed by atoms with Gasteiger partial charge in [0.2, 0.25) is 0 Å². The number of piperidine rings is 1. The monoisotopic (exact) mass is 277 g/mol. The fraction of sp³-hybridized carbons (Fsp3) is 0.562. The lowest BCUT2D eigenvalue weighted by atomic mass is 9.91. The molecule has 0 aliphatic carbocycles. The van der Waals surface area contributed by atoms with E-state index in [-0.39, 0.29) is 17.8 Å². The molecule has 0 bridgehead atoms. The number of halogens is 1. The lowest BCUT2D eigenvalue weighted by Crippen LogP contribution is -2.45. The summed E-state index contributed by atoms with van der Waals surface area (Å²) >= 11 is 0. The van der Waals surface area contributed by atoms with Gasteiger partial charge in [-0.2, -0.15) is 0 Å². The van der Waals surface area contributed by atoms with Crippen molar-refractivity contribution >= 4 is 5.91 Å². The van der Waals surface area contributed by atoms with Crippen molar-refractivity contribution < 1.29 is 13.9 Å². The van der Waals surface area contributed by atoms with Crippen LogP contribution in [0, 0.1) is 18.7 Å². The van der Waals surface area contributed by atoms with Crippen molar-refractivity contribution in [3.8, 4) is 0 Å². The van der Waals surface area contributed by atoms with E-state index < -0.39 is 0 Å². The molecule has 2 fully saturated rings. The topological polar surface area (TPSA) is 29.5 Å². The minimum Gasteiger partial charge on any atom is -0.373 e. The van der Waals surface area contributed by atoms with E-state index in [1.807, 2.05) is 4.90 Å². The van der Waals surface area contributed by atoms with E-state index in [4.69, 9.17) is 4.74 Å².